The summed E-state index contributed by atoms with van der Waals surface area (Å²) >= 11 is 6.07. The maximum Gasteiger partial charge on any atom is 0.251 e. The minimum Gasteiger partial charge on any atom is -0.376 e. The van der Waals surface area contributed by atoms with E-state index in [1.807, 2.05) is 32.9 Å². The maximum atomic E-state index is 12.1. The van der Waals surface area contributed by atoms with Crippen LogP contribution in [0, 0.1) is 6.92 Å². The number of benzene rings is 2. The zero-order valence-corrected chi connectivity index (χ0v) is 16.0. The molecule has 2 rings (SSSR count). The Kier molecular flexibility index (Phi) is 7.04. The lowest BCUT2D eigenvalue weighted by atomic mass is 10.1. The first-order valence-electron chi connectivity index (χ1n) is 8.60. The van der Waals surface area contributed by atoms with Gasteiger partial charge in [0.05, 0.1) is 6.54 Å². The second-order valence-electron chi connectivity index (χ2n) is 6.17. The van der Waals surface area contributed by atoms with Crippen molar-refractivity contribution in [3.63, 3.8) is 0 Å². The smallest absolute Gasteiger partial charge is 0.251 e. The summed E-state index contributed by atoms with van der Waals surface area (Å²) in [5, 5.41) is 9.43. The first kappa shape index (κ1) is 19.8. The Labute approximate surface area is 159 Å². The quantitative estimate of drug-likeness (QED) is 0.680. The Bertz CT molecular complexity index is 775. The van der Waals surface area contributed by atoms with Gasteiger partial charge in [0.25, 0.3) is 5.91 Å². The summed E-state index contributed by atoms with van der Waals surface area (Å²) in [6.07, 6.45) is 0.874. The van der Waals surface area contributed by atoms with Gasteiger partial charge in [0.1, 0.15) is 0 Å². The van der Waals surface area contributed by atoms with Crippen molar-refractivity contribution in [2.24, 2.45) is 0 Å². The number of hydrogen-bond donors (Lipinski definition) is 3. The molecule has 0 bridgehead atoms. The highest BCUT2D eigenvalue weighted by Gasteiger charge is 2.09. The van der Waals surface area contributed by atoms with E-state index >= 15 is 0 Å². The van der Waals surface area contributed by atoms with Gasteiger partial charge in [-0.15, -0.1) is 0 Å². The van der Waals surface area contributed by atoms with E-state index in [4.69, 9.17) is 11.6 Å². The average Bonchev–Trinajstić information content (AvgIpc) is 2.63. The number of carbonyl (C=O) groups excluding carboxylic acids is 2. The predicted octanol–water partition coefficient (Wildman–Crippen LogP) is 4.23. The van der Waals surface area contributed by atoms with Crippen LogP contribution in [0.4, 0.5) is 11.4 Å². The summed E-state index contributed by atoms with van der Waals surface area (Å²) in [6, 6.07) is 12.5. The Morgan fingerprint density at radius 3 is 2.46 bits per heavy atom. The number of halogens is 1. The molecule has 3 N–H and O–H groups in total. The zero-order chi connectivity index (χ0) is 19.1. The Balaban J connectivity index is 1.89. The minimum absolute atomic E-state index is 0.115. The maximum absolute atomic E-state index is 12.1. The third-order valence-corrected chi connectivity index (χ3v) is 4.54. The lowest BCUT2D eigenvalue weighted by Gasteiger charge is -2.12. The highest BCUT2D eigenvalue weighted by atomic mass is 35.5. The minimum atomic E-state index is -0.179. The van der Waals surface area contributed by atoms with E-state index in [2.05, 4.69) is 16.0 Å². The van der Waals surface area contributed by atoms with Crippen molar-refractivity contribution in [2.45, 2.75) is 33.2 Å². The van der Waals surface area contributed by atoms with Gasteiger partial charge in [-0.3, -0.25) is 9.59 Å². The fourth-order valence-corrected chi connectivity index (χ4v) is 2.47. The molecule has 138 valence electrons. The van der Waals surface area contributed by atoms with Crippen LogP contribution in [-0.2, 0) is 4.79 Å². The molecule has 0 saturated heterocycles. The summed E-state index contributed by atoms with van der Waals surface area (Å²) < 4.78 is 0. The monoisotopic (exact) mass is 373 g/mol. The normalized spacial score (nSPS) is 11.5. The van der Waals surface area contributed by atoms with E-state index in [-0.39, 0.29) is 24.4 Å². The molecular weight excluding hydrogens is 350 g/mol. The molecule has 0 saturated carbocycles. The van der Waals surface area contributed by atoms with E-state index < -0.39 is 0 Å². The number of carbonyl (C=O) groups is 2. The first-order valence-corrected chi connectivity index (χ1v) is 8.98. The van der Waals surface area contributed by atoms with Gasteiger partial charge < -0.3 is 16.0 Å². The molecule has 2 amide bonds. The second-order valence-corrected chi connectivity index (χ2v) is 6.58. The fraction of sp³-hybridized carbons (Fsp3) is 0.300. The van der Waals surface area contributed by atoms with E-state index in [1.54, 1.807) is 30.3 Å². The van der Waals surface area contributed by atoms with Gasteiger partial charge in [0, 0.05) is 28.0 Å². The highest BCUT2D eigenvalue weighted by molar-refractivity contribution is 6.31. The molecule has 0 fully saturated rings. The molecule has 0 aliphatic rings. The third kappa shape index (κ3) is 5.49. The fourth-order valence-electron chi connectivity index (χ4n) is 2.29. The van der Waals surface area contributed by atoms with Crippen LogP contribution in [0.5, 0.6) is 0 Å². The molecule has 6 heteroatoms. The summed E-state index contributed by atoms with van der Waals surface area (Å²) in [5.41, 5.74) is 2.93. The van der Waals surface area contributed by atoms with Crippen molar-refractivity contribution < 1.29 is 9.59 Å². The summed E-state index contributed by atoms with van der Waals surface area (Å²) in [4.78, 5) is 24.1. The van der Waals surface area contributed by atoms with Crippen molar-refractivity contribution in [3.05, 3.63) is 58.6 Å². The Morgan fingerprint density at radius 2 is 1.81 bits per heavy atom. The highest BCUT2D eigenvalue weighted by Crippen LogP contribution is 2.22. The van der Waals surface area contributed by atoms with E-state index in [0.717, 1.165) is 17.7 Å². The van der Waals surface area contributed by atoms with Crippen molar-refractivity contribution in [1.29, 1.82) is 0 Å². The Hall–Kier alpha value is -2.53. The lowest BCUT2D eigenvalue weighted by Crippen LogP contribution is -2.31. The lowest BCUT2D eigenvalue weighted by molar-refractivity contribution is -0.114. The van der Waals surface area contributed by atoms with Crippen LogP contribution in [0.15, 0.2) is 42.5 Å². The molecule has 26 heavy (non-hydrogen) atoms. The molecular formula is C20H24ClN3O2. The Morgan fingerprint density at radius 1 is 1.12 bits per heavy atom. The van der Waals surface area contributed by atoms with Crippen LogP contribution in [0.25, 0.3) is 0 Å². The summed E-state index contributed by atoms with van der Waals surface area (Å²) in [7, 11) is 0. The van der Waals surface area contributed by atoms with Crippen molar-refractivity contribution >= 4 is 34.8 Å². The molecule has 0 heterocycles. The number of hydrogen-bond acceptors (Lipinski definition) is 3. The molecule has 0 aliphatic heterocycles. The average molecular weight is 374 g/mol. The molecule has 0 radical (unpaired) electrons. The van der Waals surface area contributed by atoms with Gasteiger partial charge >= 0.3 is 0 Å². The molecule has 0 aliphatic carbocycles. The van der Waals surface area contributed by atoms with Gasteiger partial charge in [0.15, 0.2) is 0 Å². The van der Waals surface area contributed by atoms with Gasteiger partial charge in [0.2, 0.25) is 5.91 Å². The predicted molar refractivity (Wildman–Crippen MR) is 107 cm³/mol. The number of rotatable bonds is 7. The summed E-state index contributed by atoms with van der Waals surface area (Å²) in [6.45, 7) is 5.99. The number of amides is 2. The molecule has 0 aromatic heterocycles. The topological polar surface area (TPSA) is 70.2 Å². The van der Waals surface area contributed by atoms with Gasteiger partial charge in [-0.2, -0.15) is 0 Å². The molecule has 0 spiro atoms. The van der Waals surface area contributed by atoms with Crippen molar-refractivity contribution in [2.75, 3.05) is 17.2 Å². The van der Waals surface area contributed by atoms with Crippen LogP contribution in [-0.4, -0.2) is 24.4 Å². The van der Waals surface area contributed by atoms with Crippen LogP contribution < -0.4 is 16.0 Å². The van der Waals surface area contributed by atoms with E-state index in [1.165, 1.54) is 0 Å². The standard InChI is InChI=1S/C20H24ClN3O2/c1-4-13(2)23-20(26)15-8-10-16(11-9-15)24-19(25)12-22-18-7-5-6-17(21)14(18)3/h5-11,13,22H,4,12H2,1-3H3,(H,23,26)(H,24,25). The first-order chi connectivity index (χ1) is 12.4. The van der Waals surface area contributed by atoms with Gasteiger partial charge in [-0.1, -0.05) is 24.6 Å². The van der Waals surface area contributed by atoms with E-state index in [0.29, 0.717) is 16.3 Å². The number of nitrogens with one attached hydrogen (secondary N) is 3. The molecule has 1 unspecified atom stereocenters. The van der Waals surface area contributed by atoms with Gasteiger partial charge in [-0.05, 0) is 62.2 Å². The molecule has 5 nitrogen and oxygen atoms in total. The second kappa shape index (κ2) is 9.25. The van der Waals surface area contributed by atoms with E-state index in [9.17, 15) is 9.59 Å². The molecule has 1 atom stereocenters. The van der Waals surface area contributed by atoms with Crippen LogP contribution >= 0.6 is 11.6 Å². The molecule has 2 aromatic carbocycles. The van der Waals surface area contributed by atoms with Crippen LogP contribution in [0.2, 0.25) is 5.02 Å². The largest absolute Gasteiger partial charge is 0.376 e. The summed E-state index contributed by atoms with van der Waals surface area (Å²) in [5.74, 6) is -0.295. The van der Waals surface area contributed by atoms with Crippen molar-refractivity contribution in [1.82, 2.24) is 5.32 Å². The van der Waals surface area contributed by atoms with Crippen LogP contribution in [0.1, 0.15) is 36.2 Å². The van der Waals surface area contributed by atoms with Crippen molar-refractivity contribution in [3.8, 4) is 0 Å². The zero-order valence-electron chi connectivity index (χ0n) is 15.2. The van der Waals surface area contributed by atoms with Crippen LogP contribution in [0.3, 0.4) is 0 Å². The number of anilines is 2. The molecule has 2 aromatic rings. The SMILES string of the molecule is CCC(C)NC(=O)c1ccc(NC(=O)CNc2cccc(Cl)c2C)cc1. The van der Waals surface area contributed by atoms with Gasteiger partial charge in [-0.25, -0.2) is 0 Å². The third-order valence-electron chi connectivity index (χ3n) is 4.13.